The van der Waals surface area contributed by atoms with Crippen molar-refractivity contribution in [3.63, 3.8) is 0 Å². The van der Waals surface area contributed by atoms with Crippen LogP contribution in [-0.4, -0.2) is 21.9 Å². The van der Waals surface area contributed by atoms with Crippen molar-refractivity contribution >= 4 is 11.8 Å². The first-order chi connectivity index (χ1) is 7.74. The topological polar surface area (TPSA) is 74.6 Å². The molecule has 5 heteroatoms. The number of amides is 1. The molecule has 0 aliphatic heterocycles. The lowest BCUT2D eigenvalue weighted by molar-refractivity contribution is 0.195. The Morgan fingerprint density at radius 1 is 1.50 bits per heavy atom. The van der Waals surface area contributed by atoms with Crippen LogP contribution < -0.4 is 5.43 Å². The Morgan fingerprint density at radius 2 is 2.19 bits per heavy atom. The number of hydrazone groups is 1. The van der Waals surface area contributed by atoms with Crippen LogP contribution in [0.4, 0.5) is 4.79 Å². The summed E-state index contributed by atoms with van der Waals surface area (Å²) in [4.78, 5) is 14.3. The van der Waals surface area contributed by atoms with Gasteiger partial charge in [0.15, 0.2) is 0 Å². The van der Waals surface area contributed by atoms with E-state index in [1.807, 2.05) is 17.6 Å². The highest BCUT2D eigenvalue weighted by molar-refractivity contribution is 6.00. The molecule has 1 aromatic rings. The molecule has 0 unspecified atom stereocenters. The largest absolute Gasteiger partial charge is 0.464 e. The highest BCUT2D eigenvalue weighted by Crippen LogP contribution is 2.06. The molecule has 0 saturated heterocycles. The number of nitrogens with one attached hydrogen (secondary N) is 1. The third-order valence-corrected chi connectivity index (χ3v) is 2.07. The molecule has 0 aliphatic carbocycles. The molecule has 1 aromatic heterocycles. The predicted molar refractivity (Wildman–Crippen MR) is 61.5 cm³/mol. The maximum Gasteiger partial charge on any atom is 0.425 e. The van der Waals surface area contributed by atoms with Crippen molar-refractivity contribution in [3.8, 4) is 0 Å². The van der Waals surface area contributed by atoms with Crippen LogP contribution in [-0.2, 0) is 0 Å². The highest BCUT2D eigenvalue weighted by Gasteiger charge is 2.03. The Balaban J connectivity index is 2.78. The summed E-state index contributed by atoms with van der Waals surface area (Å²) < 4.78 is 0. The lowest BCUT2D eigenvalue weighted by Crippen LogP contribution is -2.17. The lowest BCUT2D eigenvalue weighted by Gasteiger charge is -2.05. The molecule has 5 nitrogen and oxygen atoms in total. The van der Waals surface area contributed by atoms with Gasteiger partial charge < -0.3 is 5.11 Å². The first kappa shape index (κ1) is 12.2. The minimum atomic E-state index is -1.15. The van der Waals surface area contributed by atoms with Crippen LogP contribution >= 0.6 is 0 Å². The number of hydrogen-bond acceptors (Lipinski definition) is 3. The van der Waals surface area contributed by atoms with E-state index in [0.29, 0.717) is 0 Å². The minimum Gasteiger partial charge on any atom is -0.464 e. The van der Waals surface area contributed by atoms with Crippen LogP contribution in [0.15, 0.2) is 29.6 Å². The maximum absolute atomic E-state index is 10.4. The smallest absolute Gasteiger partial charge is 0.425 e. The van der Waals surface area contributed by atoms with Gasteiger partial charge in [0, 0.05) is 18.0 Å². The molecule has 2 N–H and O–H groups in total. The van der Waals surface area contributed by atoms with Gasteiger partial charge in [-0.1, -0.05) is 13.3 Å². The first-order valence-electron chi connectivity index (χ1n) is 5.20. The molecular formula is C11H15N3O2. The normalized spacial score (nSPS) is 11.2. The average molecular weight is 221 g/mol. The van der Waals surface area contributed by atoms with E-state index in [9.17, 15) is 4.79 Å². The van der Waals surface area contributed by atoms with Crippen molar-refractivity contribution in [3.05, 3.63) is 30.1 Å². The van der Waals surface area contributed by atoms with E-state index in [2.05, 4.69) is 17.0 Å². The molecule has 0 fully saturated rings. The Bertz CT molecular complexity index is 363. The second kappa shape index (κ2) is 6.55. The maximum atomic E-state index is 10.4. The fourth-order valence-electron chi connectivity index (χ4n) is 1.27. The number of unbranched alkanes of at least 4 members (excludes halogenated alkanes) is 1. The standard InChI is InChI=1S/C11H15N3O2/c1-2-3-4-10(13-14-11(15)16)9-5-7-12-8-6-9/h5-8,14H,2-4H2,1H3,(H,15,16). The fraction of sp³-hybridized carbons (Fsp3) is 0.364. The van der Waals surface area contributed by atoms with E-state index in [1.54, 1.807) is 12.4 Å². The van der Waals surface area contributed by atoms with Gasteiger partial charge in [-0.25, -0.2) is 10.2 Å². The van der Waals surface area contributed by atoms with Crippen LogP contribution in [0.2, 0.25) is 0 Å². The third kappa shape index (κ3) is 4.08. The number of nitrogens with zero attached hydrogens (tertiary/aromatic N) is 2. The third-order valence-electron chi connectivity index (χ3n) is 2.07. The molecule has 16 heavy (non-hydrogen) atoms. The van der Waals surface area contributed by atoms with Crippen LogP contribution in [0.1, 0.15) is 31.7 Å². The molecule has 1 heterocycles. The molecule has 1 rings (SSSR count). The van der Waals surface area contributed by atoms with E-state index in [4.69, 9.17) is 5.11 Å². The molecule has 0 spiro atoms. The predicted octanol–water partition coefficient (Wildman–Crippen LogP) is 2.24. The Hall–Kier alpha value is -1.91. The second-order valence-corrected chi connectivity index (χ2v) is 3.31. The van der Waals surface area contributed by atoms with Crippen LogP contribution in [0.5, 0.6) is 0 Å². The Morgan fingerprint density at radius 3 is 2.75 bits per heavy atom. The molecule has 0 saturated carbocycles. The van der Waals surface area contributed by atoms with Crippen molar-refractivity contribution in [2.45, 2.75) is 26.2 Å². The number of carboxylic acid groups (broad SMARTS) is 1. The first-order valence-corrected chi connectivity index (χ1v) is 5.20. The van der Waals surface area contributed by atoms with E-state index in [1.165, 1.54) is 0 Å². The van der Waals surface area contributed by atoms with Crippen molar-refractivity contribution < 1.29 is 9.90 Å². The van der Waals surface area contributed by atoms with Gasteiger partial charge >= 0.3 is 6.09 Å². The molecule has 0 aliphatic rings. The number of pyridine rings is 1. The zero-order valence-corrected chi connectivity index (χ0v) is 9.18. The number of carbonyl (C=O) groups is 1. The number of aromatic nitrogens is 1. The van der Waals surface area contributed by atoms with Gasteiger partial charge in [-0.2, -0.15) is 5.10 Å². The molecule has 0 aromatic carbocycles. The second-order valence-electron chi connectivity index (χ2n) is 3.31. The van der Waals surface area contributed by atoms with Crippen LogP contribution in [0.3, 0.4) is 0 Å². The van der Waals surface area contributed by atoms with Crippen molar-refractivity contribution in [1.29, 1.82) is 0 Å². The lowest BCUT2D eigenvalue weighted by atomic mass is 10.1. The van der Waals surface area contributed by atoms with Gasteiger partial charge in [-0.05, 0) is 25.0 Å². The number of hydrogen-bond donors (Lipinski definition) is 2. The molecular weight excluding hydrogens is 206 g/mol. The molecule has 1 amide bonds. The SMILES string of the molecule is CCCCC(=NNC(=O)O)c1ccncc1. The van der Waals surface area contributed by atoms with Gasteiger partial charge in [-0.15, -0.1) is 0 Å². The molecule has 0 bridgehead atoms. The van der Waals surface area contributed by atoms with Crippen LogP contribution in [0, 0.1) is 0 Å². The summed E-state index contributed by atoms with van der Waals surface area (Å²) in [7, 11) is 0. The van der Waals surface area contributed by atoms with Gasteiger partial charge in [-0.3, -0.25) is 4.98 Å². The Kier molecular flexibility index (Phi) is 4.98. The molecule has 0 atom stereocenters. The quantitative estimate of drug-likeness (QED) is 0.591. The van der Waals surface area contributed by atoms with Gasteiger partial charge in [0.05, 0.1) is 5.71 Å². The zero-order chi connectivity index (χ0) is 11.8. The van der Waals surface area contributed by atoms with Crippen molar-refractivity contribution in [2.75, 3.05) is 0 Å². The van der Waals surface area contributed by atoms with Gasteiger partial charge in [0.2, 0.25) is 0 Å². The van der Waals surface area contributed by atoms with Crippen molar-refractivity contribution in [2.24, 2.45) is 5.10 Å². The summed E-state index contributed by atoms with van der Waals surface area (Å²) in [6.45, 7) is 2.08. The van der Waals surface area contributed by atoms with E-state index in [-0.39, 0.29) is 0 Å². The monoisotopic (exact) mass is 221 g/mol. The Labute approximate surface area is 94.2 Å². The minimum absolute atomic E-state index is 0.742. The molecule has 86 valence electrons. The van der Waals surface area contributed by atoms with Crippen molar-refractivity contribution in [1.82, 2.24) is 10.4 Å². The van der Waals surface area contributed by atoms with E-state index in [0.717, 1.165) is 30.5 Å². The summed E-state index contributed by atoms with van der Waals surface area (Å²) >= 11 is 0. The summed E-state index contributed by atoms with van der Waals surface area (Å²) in [5, 5.41) is 12.4. The van der Waals surface area contributed by atoms with Gasteiger partial charge in [0.25, 0.3) is 0 Å². The van der Waals surface area contributed by atoms with Gasteiger partial charge in [0.1, 0.15) is 0 Å². The molecule has 0 radical (unpaired) electrons. The average Bonchev–Trinajstić information content (AvgIpc) is 2.30. The fourth-order valence-corrected chi connectivity index (χ4v) is 1.27. The van der Waals surface area contributed by atoms with E-state index < -0.39 is 6.09 Å². The summed E-state index contributed by atoms with van der Waals surface area (Å²) in [5.74, 6) is 0. The summed E-state index contributed by atoms with van der Waals surface area (Å²) in [5.41, 5.74) is 3.68. The summed E-state index contributed by atoms with van der Waals surface area (Å²) in [6, 6.07) is 3.63. The number of rotatable bonds is 5. The van der Waals surface area contributed by atoms with E-state index >= 15 is 0 Å². The highest BCUT2D eigenvalue weighted by atomic mass is 16.4. The van der Waals surface area contributed by atoms with Crippen LogP contribution in [0.25, 0.3) is 0 Å². The zero-order valence-electron chi connectivity index (χ0n) is 9.18. The summed E-state index contributed by atoms with van der Waals surface area (Å²) in [6.07, 6.45) is 4.94.